The summed E-state index contributed by atoms with van der Waals surface area (Å²) in [5.41, 5.74) is 3.74. The molecule has 2 heterocycles. The van der Waals surface area contributed by atoms with Gasteiger partial charge in [0.1, 0.15) is 22.9 Å². The molecule has 2 amide bonds. The van der Waals surface area contributed by atoms with E-state index in [1.807, 2.05) is 23.1 Å². The number of anilines is 1. The molecule has 248 valence electrons. The topological polar surface area (TPSA) is 66.4 Å². The second-order valence-corrected chi connectivity index (χ2v) is 14.5. The minimum atomic E-state index is -0.514. The number of amides is 2. The standard InChI is InChI=1S/C40H50N4O3/c1-28(2)47-35-16-9-11-30(24-35)26-43-21-19-40(20-22-43)38(41-33-13-5-4-6-14-33)42-39(45)44(40)37-18-8-7-17-36(37)31-12-10-15-34(25-31)46-27-32-23-29(32)3/h7-12,15-18,24-25,28-29,32-33H,4-6,13-14,19-23,26-27H2,1-3H3,(H,41,42,45). The fraction of sp³-hybridized carbons (Fsp3) is 0.500. The molecule has 1 saturated heterocycles. The van der Waals surface area contributed by atoms with Crippen LogP contribution in [0.3, 0.4) is 0 Å². The van der Waals surface area contributed by atoms with E-state index in [0.717, 1.165) is 92.0 Å². The van der Waals surface area contributed by atoms with E-state index in [2.05, 4.69) is 85.6 Å². The predicted octanol–water partition coefficient (Wildman–Crippen LogP) is 8.47. The third kappa shape index (κ3) is 7.06. The predicted molar refractivity (Wildman–Crippen MR) is 189 cm³/mol. The number of carbonyl (C=O) groups excluding carboxylic acids is 1. The van der Waals surface area contributed by atoms with Crippen LogP contribution in [0.25, 0.3) is 11.1 Å². The van der Waals surface area contributed by atoms with Gasteiger partial charge in [0.15, 0.2) is 0 Å². The first kappa shape index (κ1) is 31.7. The third-order valence-corrected chi connectivity index (χ3v) is 10.6. The molecule has 47 heavy (non-hydrogen) atoms. The Kier molecular flexibility index (Phi) is 9.26. The molecular weight excluding hydrogens is 584 g/mol. The average molecular weight is 635 g/mol. The van der Waals surface area contributed by atoms with Crippen molar-refractivity contribution < 1.29 is 14.3 Å². The Bertz CT molecular complexity index is 1590. The van der Waals surface area contributed by atoms with Gasteiger partial charge in [0.05, 0.1) is 18.4 Å². The molecule has 3 aromatic carbocycles. The number of urea groups is 1. The van der Waals surface area contributed by atoms with Gasteiger partial charge in [0, 0.05) is 31.2 Å². The molecule has 0 radical (unpaired) electrons. The molecule has 2 unspecified atom stereocenters. The summed E-state index contributed by atoms with van der Waals surface area (Å²) in [5.74, 6) is 4.07. The zero-order valence-corrected chi connectivity index (χ0v) is 28.3. The first-order valence-electron chi connectivity index (χ1n) is 17.9. The third-order valence-electron chi connectivity index (χ3n) is 10.6. The molecule has 3 fully saturated rings. The van der Waals surface area contributed by atoms with Crippen molar-refractivity contribution in [2.24, 2.45) is 16.8 Å². The second kappa shape index (κ2) is 13.7. The van der Waals surface area contributed by atoms with E-state index in [9.17, 15) is 4.79 Å². The highest BCUT2D eigenvalue weighted by Gasteiger charge is 2.52. The van der Waals surface area contributed by atoms with Crippen molar-refractivity contribution in [1.29, 1.82) is 0 Å². The Morgan fingerprint density at radius 1 is 0.936 bits per heavy atom. The van der Waals surface area contributed by atoms with Gasteiger partial charge in [0.2, 0.25) is 0 Å². The normalized spacial score (nSPS) is 22.9. The maximum Gasteiger partial charge on any atom is 0.350 e. The van der Waals surface area contributed by atoms with Crippen LogP contribution in [0.1, 0.15) is 77.7 Å². The number of ether oxygens (including phenoxy) is 2. The van der Waals surface area contributed by atoms with Gasteiger partial charge in [0.25, 0.3) is 0 Å². The number of para-hydroxylation sites is 1. The molecular formula is C40H50N4O3. The van der Waals surface area contributed by atoms with E-state index in [1.165, 1.54) is 31.2 Å². The van der Waals surface area contributed by atoms with Crippen LogP contribution >= 0.6 is 0 Å². The van der Waals surface area contributed by atoms with Crippen molar-refractivity contribution in [3.8, 4) is 22.6 Å². The SMILES string of the molecule is CC(C)Oc1cccc(CN2CCC3(CC2)C(NC2CCCCC2)=NC(=O)N3c2ccccc2-c2cccc(OCC3CC3C)c2)c1. The summed E-state index contributed by atoms with van der Waals surface area (Å²) in [5, 5.41) is 3.84. The molecule has 0 aromatic heterocycles. The molecule has 1 spiro atoms. The molecule has 2 saturated carbocycles. The van der Waals surface area contributed by atoms with Gasteiger partial charge in [-0.25, -0.2) is 4.79 Å². The van der Waals surface area contributed by atoms with E-state index >= 15 is 0 Å². The van der Waals surface area contributed by atoms with Crippen LogP contribution < -0.4 is 19.7 Å². The molecule has 2 atom stereocenters. The highest BCUT2D eigenvalue weighted by atomic mass is 16.5. The number of nitrogens with one attached hydrogen (secondary N) is 1. The summed E-state index contributed by atoms with van der Waals surface area (Å²) in [7, 11) is 0. The van der Waals surface area contributed by atoms with E-state index in [0.29, 0.717) is 12.0 Å². The molecule has 0 bridgehead atoms. The number of piperidine rings is 1. The Hall–Kier alpha value is -3.84. The fourth-order valence-electron chi connectivity index (χ4n) is 7.77. The van der Waals surface area contributed by atoms with E-state index in [1.54, 1.807) is 0 Å². The fourth-order valence-corrected chi connectivity index (χ4v) is 7.77. The van der Waals surface area contributed by atoms with Crippen LogP contribution in [-0.4, -0.2) is 54.1 Å². The largest absolute Gasteiger partial charge is 0.493 e. The minimum absolute atomic E-state index is 0.143. The van der Waals surface area contributed by atoms with Gasteiger partial charge < -0.3 is 14.8 Å². The Morgan fingerprint density at radius 2 is 1.68 bits per heavy atom. The molecule has 1 N–H and O–H groups in total. The summed E-state index contributed by atoms with van der Waals surface area (Å²) in [6.07, 6.45) is 9.02. The number of likely N-dealkylation sites (tertiary alicyclic amines) is 1. The molecule has 7 nitrogen and oxygen atoms in total. The van der Waals surface area contributed by atoms with Crippen molar-refractivity contribution in [3.05, 3.63) is 78.4 Å². The highest BCUT2D eigenvalue weighted by Crippen LogP contribution is 2.44. The Balaban J connectivity index is 1.16. The number of amidine groups is 1. The summed E-state index contributed by atoms with van der Waals surface area (Å²) in [6, 6.07) is 25.3. The number of rotatable bonds is 10. The van der Waals surface area contributed by atoms with E-state index in [-0.39, 0.29) is 12.1 Å². The van der Waals surface area contributed by atoms with Gasteiger partial charge in [-0.15, -0.1) is 0 Å². The summed E-state index contributed by atoms with van der Waals surface area (Å²) < 4.78 is 12.2. The lowest BCUT2D eigenvalue weighted by Crippen LogP contribution is -2.62. The lowest BCUT2D eigenvalue weighted by Gasteiger charge is -2.46. The monoisotopic (exact) mass is 634 g/mol. The number of hydrogen-bond acceptors (Lipinski definition) is 5. The summed E-state index contributed by atoms with van der Waals surface area (Å²) >= 11 is 0. The van der Waals surface area contributed by atoms with Crippen LogP contribution in [0.5, 0.6) is 11.5 Å². The Labute approximate surface area is 280 Å². The summed E-state index contributed by atoms with van der Waals surface area (Å²) in [4.78, 5) is 23.5. The number of nitrogens with zero attached hydrogens (tertiary/aromatic N) is 3. The molecule has 3 aromatic rings. The van der Waals surface area contributed by atoms with Gasteiger partial charge in [-0.1, -0.05) is 68.7 Å². The average Bonchev–Trinajstić information content (AvgIpc) is 3.73. The smallest absolute Gasteiger partial charge is 0.350 e. The van der Waals surface area contributed by atoms with Gasteiger partial charge in [-0.2, -0.15) is 4.99 Å². The van der Waals surface area contributed by atoms with Crippen molar-refractivity contribution in [2.75, 3.05) is 24.6 Å². The second-order valence-electron chi connectivity index (χ2n) is 14.5. The molecule has 2 aliphatic heterocycles. The molecule has 2 aliphatic carbocycles. The van der Waals surface area contributed by atoms with Crippen LogP contribution in [0.2, 0.25) is 0 Å². The van der Waals surface area contributed by atoms with Crippen molar-refractivity contribution in [3.63, 3.8) is 0 Å². The van der Waals surface area contributed by atoms with Crippen LogP contribution in [0.4, 0.5) is 10.5 Å². The zero-order chi connectivity index (χ0) is 32.4. The van der Waals surface area contributed by atoms with Crippen molar-refractivity contribution >= 4 is 17.6 Å². The first-order chi connectivity index (χ1) is 22.9. The van der Waals surface area contributed by atoms with Crippen LogP contribution in [0.15, 0.2) is 77.8 Å². The van der Waals surface area contributed by atoms with E-state index in [4.69, 9.17) is 14.5 Å². The van der Waals surface area contributed by atoms with Crippen molar-refractivity contribution in [1.82, 2.24) is 10.2 Å². The molecule has 4 aliphatic rings. The first-order valence-corrected chi connectivity index (χ1v) is 17.9. The number of hydrogen-bond donors (Lipinski definition) is 1. The van der Waals surface area contributed by atoms with Gasteiger partial charge >= 0.3 is 6.03 Å². The quantitative estimate of drug-likeness (QED) is 0.242. The number of carbonyl (C=O) groups is 1. The number of aliphatic imine (C=N–C) groups is 1. The maximum atomic E-state index is 14.1. The van der Waals surface area contributed by atoms with Gasteiger partial charge in [-0.05, 0) is 99.2 Å². The zero-order valence-electron chi connectivity index (χ0n) is 28.3. The highest BCUT2D eigenvalue weighted by molar-refractivity contribution is 6.17. The van der Waals surface area contributed by atoms with Crippen LogP contribution in [-0.2, 0) is 6.54 Å². The molecule has 7 rings (SSSR count). The van der Waals surface area contributed by atoms with Crippen molar-refractivity contribution in [2.45, 2.75) is 96.4 Å². The Morgan fingerprint density at radius 3 is 2.45 bits per heavy atom. The van der Waals surface area contributed by atoms with Crippen LogP contribution in [0, 0.1) is 11.8 Å². The lowest BCUT2D eigenvalue weighted by atomic mass is 9.83. The maximum absolute atomic E-state index is 14.1. The minimum Gasteiger partial charge on any atom is -0.493 e. The number of benzene rings is 3. The van der Waals surface area contributed by atoms with E-state index < -0.39 is 5.54 Å². The summed E-state index contributed by atoms with van der Waals surface area (Å²) in [6.45, 7) is 9.76. The molecule has 7 heteroatoms. The lowest BCUT2D eigenvalue weighted by molar-refractivity contribution is 0.181. The van der Waals surface area contributed by atoms with Gasteiger partial charge in [-0.3, -0.25) is 9.80 Å².